The van der Waals surface area contributed by atoms with Crippen molar-refractivity contribution in [2.24, 2.45) is 13.0 Å². The lowest BCUT2D eigenvalue weighted by Crippen LogP contribution is -2.34. The van der Waals surface area contributed by atoms with Crippen molar-refractivity contribution in [3.05, 3.63) is 59.0 Å². The van der Waals surface area contributed by atoms with Crippen LogP contribution >= 0.6 is 0 Å². The fraction of sp³-hybridized carbons (Fsp3) is 0.391. The van der Waals surface area contributed by atoms with E-state index in [4.69, 9.17) is 10.8 Å². The van der Waals surface area contributed by atoms with E-state index in [1.54, 1.807) is 6.07 Å². The third kappa shape index (κ3) is 4.06. The summed E-state index contributed by atoms with van der Waals surface area (Å²) in [5.41, 5.74) is 11.6. The van der Waals surface area contributed by atoms with E-state index in [2.05, 4.69) is 35.9 Å². The van der Waals surface area contributed by atoms with Gasteiger partial charge in [0.15, 0.2) is 0 Å². The summed E-state index contributed by atoms with van der Waals surface area (Å²) in [6.07, 6.45) is 2.29. The predicted molar refractivity (Wildman–Crippen MR) is 117 cm³/mol. The second kappa shape index (κ2) is 8.26. The molecule has 0 saturated carbocycles. The zero-order chi connectivity index (χ0) is 21.3. The van der Waals surface area contributed by atoms with E-state index in [0.717, 1.165) is 36.2 Å². The maximum absolute atomic E-state index is 13.2. The first-order valence-electron chi connectivity index (χ1n) is 10.4. The minimum Gasteiger partial charge on any atom is -0.368 e. The molecule has 30 heavy (non-hydrogen) atoms. The van der Waals surface area contributed by atoms with Crippen molar-refractivity contribution >= 4 is 11.9 Å². The molecule has 0 spiro atoms. The highest BCUT2D eigenvalue weighted by Gasteiger charge is 2.26. The van der Waals surface area contributed by atoms with Crippen LogP contribution in [0.25, 0.3) is 11.3 Å². The van der Waals surface area contributed by atoms with Crippen molar-refractivity contribution in [3.8, 4) is 11.3 Å². The third-order valence-corrected chi connectivity index (χ3v) is 5.49. The maximum atomic E-state index is 13.2. The van der Waals surface area contributed by atoms with Gasteiger partial charge in [0.1, 0.15) is 5.69 Å². The minimum absolute atomic E-state index is 0.0869. The molecule has 156 valence electrons. The molecule has 7 heteroatoms. The number of rotatable bonds is 4. The molecule has 0 aliphatic carbocycles. The third-order valence-electron chi connectivity index (χ3n) is 5.49. The van der Waals surface area contributed by atoms with E-state index in [-0.39, 0.29) is 11.9 Å². The van der Waals surface area contributed by atoms with E-state index in [0.29, 0.717) is 24.7 Å². The second-order valence-electron chi connectivity index (χ2n) is 8.26. The van der Waals surface area contributed by atoms with Crippen LogP contribution in [0.5, 0.6) is 0 Å². The number of aromatic nitrogens is 4. The summed E-state index contributed by atoms with van der Waals surface area (Å²) in [6, 6.07) is 12.0. The first-order valence-corrected chi connectivity index (χ1v) is 10.4. The number of hydrogen-bond donors (Lipinski definition) is 1. The van der Waals surface area contributed by atoms with Gasteiger partial charge in [-0.1, -0.05) is 44.2 Å². The van der Waals surface area contributed by atoms with Crippen molar-refractivity contribution in [1.82, 2.24) is 24.6 Å². The molecule has 1 amide bonds. The van der Waals surface area contributed by atoms with Crippen LogP contribution in [0.4, 0.5) is 5.95 Å². The lowest BCUT2D eigenvalue weighted by atomic mass is 10.0. The minimum atomic E-state index is -0.0869. The fourth-order valence-corrected chi connectivity index (χ4v) is 4.12. The average Bonchev–Trinajstić information content (AvgIpc) is 2.88. The van der Waals surface area contributed by atoms with Gasteiger partial charge in [0.05, 0.1) is 5.69 Å². The van der Waals surface area contributed by atoms with Crippen LogP contribution in [0, 0.1) is 5.92 Å². The standard InChI is InChI=1S/C23H28N6O/c1-15(2)13-17-14-19(26-23(24)25-17)22(30)29-11-9-18-20(10-12-29)28(3)27-21(18)16-7-5-4-6-8-16/h4-8,14-15H,9-13H2,1-3H3,(H2,24,25,26). The largest absolute Gasteiger partial charge is 0.368 e. The number of hydrogen-bond acceptors (Lipinski definition) is 5. The first kappa shape index (κ1) is 20.1. The van der Waals surface area contributed by atoms with E-state index in [1.807, 2.05) is 34.8 Å². The van der Waals surface area contributed by atoms with Gasteiger partial charge in [-0.3, -0.25) is 9.48 Å². The highest BCUT2D eigenvalue weighted by molar-refractivity contribution is 5.92. The van der Waals surface area contributed by atoms with E-state index in [9.17, 15) is 4.79 Å². The Balaban J connectivity index is 1.57. The van der Waals surface area contributed by atoms with Crippen LogP contribution in [-0.4, -0.2) is 43.6 Å². The smallest absolute Gasteiger partial charge is 0.272 e. The van der Waals surface area contributed by atoms with Crippen molar-refractivity contribution < 1.29 is 4.79 Å². The van der Waals surface area contributed by atoms with Crippen molar-refractivity contribution in [3.63, 3.8) is 0 Å². The van der Waals surface area contributed by atoms with Crippen LogP contribution in [-0.2, 0) is 26.3 Å². The van der Waals surface area contributed by atoms with Crippen LogP contribution in [0.3, 0.4) is 0 Å². The molecule has 2 aromatic heterocycles. The molecule has 1 aliphatic rings. The topological polar surface area (TPSA) is 89.9 Å². The van der Waals surface area contributed by atoms with E-state index in [1.165, 1.54) is 11.3 Å². The number of anilines is 1. The van der Waals surface area contributed by atoms with E-state index >= 15 is 0 Å². The fourth-order valence-electron chi connectivity index (χ4n) is 4.12. The Bertz CT molecular complexity index is 1060. The zero-order valence-electron chi connectivity index (χ0n) is 17.8. The lowest BCUT2D eigenvalue weighted by Gasteiger charge is -2.20. The predicted octanol–water partition coefficient (Wildman–Crippen LogP) is 2.90. The summed E-state index contributed by atoms with van der Waals surface area (Å²) in [7, 11) is 1.98. The van der Waals surface area contributed by atoms with Gasteiger partial charge in [0, 0.05) is 49.1 Å². The molecule has 1 aromatic carbocycles. The molecule has 1 aliphatic heterocycles. The molecular formula is C23H28N6O. The highest BCUT2D eigenvalue weighted by atomic mass is 16.2. The number of nitrogen functional groups attached to an aromatic ring is 1. The molecule has 3 aromatic rings. The van der Waals surface area contributed by atoms with Gasteiger partial charge in [-0.05, 0) is 24.8 Å². The number of nitrogens with two attached hydrogens (primary N) is 1. The molecule has 0 fully saturated rings. The van der Waals surface area contributed by atoms with Gasteiger partial charge in [0.2, 0.25) is 5.95 Å². The molecule has 0 bridgehead atoms. The molecule has 0 radical (unpaired) electrons. The van der Waals surface area contributed by atoms with Gasteiger partial charge < -0.3 is 10.6 Å². The number of nitrogens with zero attached hydrogens (tertiary/aromatic N) is 5. The molecule has 3 heterocycles. The van der Waals surface area contributed by atoms with Gasteiger partial charge in [-0.15, -0.1) is 0 Å². The van der Waals surface area contributed by atoms with Gasteiger partial charge in [-0.2, -0.15) is 5.10 Å². The number of carbonyl (C=O) groups is 1. The zero-order valence-corrected chi connectivity index (χ0v) is 17.8. The normalized spacial score (nSPS) is 13.9. The molecule has 0 saturated heterocycles. The Hall–Kier alpha value is -3.22. The molecule has 2 N–H and O–H groups in total. The number of carbonyl (C=O) groups excluding carboxylic acids is 1. The van der Waals surface area contributed by atoms with Crippen LogP contribution in [0.15, 0.2) is 36.4 Å². The number of amides is 1. The summed E-state index contributed by atoms with van der Waals surface area (Å²) in [5.74, 6) is 0.500. The molecule has 0 unspecified atom stereocenters. The second-order valence-corrected chi connectivity index (χ2v) is 8.26. The number of fused-ring (bicyclic) bond motifs is 1. The van der Waals surface area contributed by atoms with Crippen LogP contribution in [0.1, 0.15) is 41.3 Å². The quantitative estimate of drug-likeness (QED) is 0.722. The van der Waals surface area contributed by atoms with E-state index < -0.39 is 0 Å². The molecular weight excluding hydrogens is 376 g/mol. The maximum Gasteiger partial charge on any atom is 0.272 e. The summed E-state index contributed by atoms with van der Waals surface area (Å²) >= 11 is 0. The average molecular weight is 405 g/mol. The van der Waals surface area contributed by atoms with Gasteiger partial charge in [-0.25, -0.2) is 9.97 Å². The molecule has 0 atom stereocenters. The Morgan fingerprint density at radius 3 is 2.60 bits per heavy atom. The summed E-state index contributed by atoms with van der Waals surface area (Å²) in [4.78, 5) is 23.6. The van der Waals surface area contributed by atoms with Gasteiger partial charge >= 0.3 is 0 Å². The molecule has 4 rings (SSSR count). The van der Waals surface area contributed by atoms with Crippen LogP contribution in [0.2, 0.25) is 0 Å². The summed E-state index contributed by atoms with van der Waals surface area (Å²) < 4.78 is 1.95. The monoisotopic (exact) mass is 404 g/mol. The molecule has 7 nitrogen and oxygen atoms in total. The van der Waals surface area contributed by atoms with Crippen molar-refractivity contribution in [2.75, 3.05) is 18.8 Å². The first-order chi connectivity index (χ1) is 14.4. The van der Waals surface area contributed by atoms with Crippen LogP contribution < -0.4 is 5.73 Å². The Morgan fingerprint density at radius 1 is 1.13 bits per heavy atom. The van der Waals surface area contributed by atoms with Crippen molar-refractivity contribution in [1.29, 1.82) is 0 Å². The Labute approximate surface area is 176 Å². The summed E-state index contributed by atoms with van der Waals surface area (Å²) in [6.45, 7) is 5.48. The lowest BCUT2D eigenvalue weighted by molar-refractivity contribution is 0.0756. The summed E-state index contributed by atoms with van der Waals surface area (Å²) in [5, 5.41) is 4.76. The number of aryl methyl sites for hydroxylation is 1. The highest BCUT2D eigenvalue weighted by Crippen LogP contribution is 2.28. The Morgan fingerprint density at radius 2 is 1.87 bits per heavy atom. The number of benzene rings is 1. The van der Waals surface area contributed by atoms with Gasteiger partial charge in [0.25, 0.3) is 5.91 Å². The Kier molecular flexibility index (Phi) is 5.53. The van der Waals surface area contributed by atoms with Crippen molar-refractivity contribution in [2.45, 2.75) is 33.1 Å². The SMILES string of the molecule is CC(C)Cc1cc(C(=O)N2CCc3c(-c4ccccc4)nn(C)c3CC2)nc(N)n1.